The number of benzene rings is 1. The van der Waals surface area contributed by atoms with Gasteiger partial charge in [0.1, 0.15) is 0 Å². The highest BCUT2D eigenvalue weighted by Crippen LogP contribution is 2.12. The van der Waals surface area contributed by atoms with Crippen LogP contribution >= 0.6 is 11.3 Å². The number of amides is 1. The maximum Gasteiger partial charge on any atom is 0.225 e. The van der Waals surface area contributed by atoms with Gasteiger partial charge in [-0.15, -0.1) is 0 Å². The summed E-state index contributed by atoms with van der Waals surface area (Å²) in [5.74, 6) is -0.0729. The molecule has 0 radical (unpaired) electrons. The van der Waals surface area contributed by atoms with Crippen LogP contribution in [-0.2, 0) is 11.2 Å². The Kier molecular flexibility index (Phi) is 4.50. The Hall–Kier alpha value is -1.65. The largest absolute Gasteiger partial charge is 0.394 e. The molecule has 18 heavy (non-hydrogen) atoms. The van der Waals surface area contributed by atoms with Crippen molar-refractivity contribution in [2.75, 3.05) is 6.61 Å². The lowest BCUT2D eigenvalue weighted by Gasteiger charge is -2.16. The fourth-order valence-electron chi connectivity index (χ4n) is 1.74. The van der Waals surface area contributed by atoms with Crippen LogP contribution in [0.25, 0.3) is 0 Å². The summed E-state index contributed by atoms with van der Waals surface area (Å²) in [5, 5.41) is 16.1. The van der Waals surface area contributed by atoms with Crippen LogP contribution in [0.3, 0.4) is 0 Å². The molecule has 0 bridgehead atoms. The number of carbonyl (C=O) groups excluding carboxylic acids is 1. The number of hydrogen-bond donors (Lipinski definition) is 2. The molecule has 2 aromatic rings. The van der Waals surface area contributed by atoms with Gasteiger partial charge in [0.05, 0.1) is 19.1 Å². The predicted octanol–water partition coefficient (Wildman–Crippen LogP) is 2.14. The Bertz CT molecular complexity index is 482. The zero-order valence-corrected chi connectivity index (χ0v) is 10.7. The minimum Gasteiger partial charge on any atom is -0.394 e. The molecule has 0 aliphatic carbocycles. The summed E-state index contributed by atoms with van der Waals surface area (Å²) in [5.41, 5.74) is 1.92. The molecule has 94 valence electrons. The van der Waals surface area contributed by atoms with Gasteiger partial charge in [-0.1, -0.05) is 30.3 Å². The van der Waals surface area contributed by atoms with E-state index in [9.17, 15) is 9.90 Å². The zero-order valence-electron chi connectivity index (χ0n) is 9.87. The molecule has 1 aromatic heterocycles. The van der Waals surface area contributed by atoms with Gasteiger partial charge < -0.3 is 10.4 Å². The topological polar surface area (TPSA) is 49.3 Å². The quantitative estimate of drug-likeness (QED) is 0.866. The molecule has 1 heterocycles. The summed E-state index contributed by atoms with van der Waals surface area (Å²) in [6.45, 7) is -0.0978. The second-order valence-corrected chi connectivity index (χ2v) is 4.80. The van der Waals surface area contributed by atoms with Crippen LogP contribution in [0.15, 0.2) is 47.2 Å². The third-order valence-corrected chi connectivity index (χ3v) is 3.40. The highest BCUT2D eigenvalue weighted by molar-refractivity contribution is 7.07. The minimum atomic E-state index is -0.336. The lowest BCUT2D eigenvalue weighted by atomic mass is 10.1. The van der Waals surface area contributed by atoms with Crippen molar-refractivity contribution >= 4 is 17.2 Å². The maximum absolute atomic E-state index is 11.8. The summed E-state index contributed by atoms with van der Waals surface area (Å²) in [4.78, 5) is 11.8. The van der Waals surface area contributed by atoms with Crippen LogP contribution in [-0.4, -0.2) is 17.6 Å². The molecule has 0 fully saturated rings. The number of aliphatic hydroxyl groups excluding tert-OH is 1. The third kappa shape index (κ3) is 3.42. The van der Waals surface area contributed by atoms with E-state index in [1.165, 1.54) is 0 Å². The molecule has 0 saturated carbocycles. The Labute approximate surface area is 110 Å². The number of thiophene rings is 1. The van der Waals surface area contributed by atoms with E-state index >= 15 is 0 Å². The van der Waals surface area contributed by atoms with Gasteiger partial charge in [-0.05, 0) is 28.0 Å². The van der Waals surface area contributed by atoms with E-state index in [0.717, 1.165) is 11.1 Å². The van der Waals surface area contributed by atoms with Crippen LogP contribution in [0.5, 0.6) is 0 Å². The van der Waals surface area contributed by atoms with Crippen LogP contribution in [0.1, 0.15) is 17.2 Å². The normalized spacial score (nSPS) is 12.1. The van der Waals surface area contributed by atoms with E-state index in [4.69, 9.17) is 0 Å². The summed E-state index contributed by atoms with van der Waals surface area (Å²) in [6, 6.07) is 11.1. The van der Waals surface area contributed by atoms with Crippen molar-refractivity contribution in [2.24, 2.45) is 0 Å². The van der Waals surface area contributed by atoms with Gasteiger partial charge in [-0.3, -0.25) is 4.79 Å². The average Bonchev–Trinajstić information content (AvgIpc) is 2.90. The molecule has 1 amide bonds. The van der Waals surface area contributed by atoms with E-state index in [1.54, 1.807) is 11.3 Å². The van der Waals surface area contributed by atoms with Crippen LogP contribution in [0.4, 0.5) is 0 Å². The van der Waals surface area contributed by atoms with Crippen LogP contribution in [0, 0.1) is 0 Å². The first kappa shape index (κ1) is 12.8. The lowest BCUT2D eigenvalue weighted by Crippen LogP contribution is -2.31. The highest BCUT2D eigenvalue weighted by atomic mass is 32.1. The lowest BCUT2D eigenvalue weighted by molar-refractivity contribution is -0.121. The molecule has 0 saturated heterocycles. The number of rotatable bonds is 5. The average molecular weight is 261 g/mol. The maximum atomic E-state index is 11.8. The van der Waals surface area contributed by atoms with Crippen molar-refractivity contribution < 1.29 is 9.90 Å². The Morgan fingerprint density at radius 1 is 1.28 bits per heavy atom. The number of carbonyl (C=O) groups is 1. The first-order chi connectivity index (χ1) is 8.79. The predicted molar refractivity (Wildman–Crippen MR) is 72.4 cm³/mol. The molecule has 1 atom stereocenters. The fourth-order valence-corrected chi connectivity index (χ4v) is 2.41. The van der Waals surface area contributed by atoms with E-state index in [1.807, 2.05) is 47.2 Å². The van der Waals surface area contributed by atoms with Gasteiger partial charge in [-0.25, -0.2) is 0 Å². The second kappa shape index (κ2) is 6.33. The van der Waals surface area contributed by atoms with Crippen molar-refractivity contribution in [2.45, 2.75) is 12.5 Å². The van der Waals surface area contributed by atoms with Gasteiger partial charge in [0.15, 0.2) is 0 Å². The SMILES string of the molecule is O=C(Cc1ccsc1)N[C@@H](CO)c1ccccc1. The molecule has 0 aliphatic rings. The molecule has 0 unspecified atom stereocenters. The van der Waals surface area contributed by atoms with Crippen molar-refractivity contribution in [3.63, 3.8) is 0 Å². The van der Waals surface area contributed by atoms with Gasteiger partial charge in [0.2, 0.25) is 5.91 Å². The smallest absolute Gasteiger partial charge is 0.225 e. The summed E-state index contributed by atoms with van der Waals surface area (Å²) < 4.78 is 0. The zero-order chi connectivity index (χ0) is 12.8. The van der Waals surface area contributed by atoms with Gasteiger partial charge in [0, 0.05) is 0 Å². The van der Waals surface area contributed by atoms with Gasteiger partial charge in [0.25, 0.3) is 0 Å². The Morgan fingerprint density at radius 3 is 2.67 bits per heavy atom. The third-order valence-electron chi connectivity index (χ3n) is 2.66. The molecule has 4 heteroatoms. The van der Waals surface area contributed by atoms with Gasteiger partial charge >= 0.3 is 0 Å². The summed E-state index contributed by atoms with van der Waals surface area (Å²) in [6.07, 6.45) is 0.354. The van der Waals surface area contributed by atoms with Crippen molar-refractivity contribution in [1.29, 1.82) is 0 Å². The molecule has 0 spiro atoms. The fraction of sp³-hybridized carbons (Fsp3) is 0.214. The van der Waals surface area contributed by atoms with E-state index in [2.05, 4.69) is 5.32 Å². The van der Waals surface area contributed by atoms with E-state index in [0.29, 0.717) is 6.42 Å². The first-order valence-corrected chi connectivity index (χ1v) is 6.70. The van der Waals surface area contributed by atoms with Crippen molar-refractivity contribution in [3.05, 3.63) is 58.3 Å². The first-order valence-electron chi connectivity index (χ1n) is 5.76. The van der Waals surface area contributed by atoms with Crippen molar-refractivity contribution in [3.8, 4) is 0 Å². The second-order valence-electron chi connectivity index (χ2n) is 4.02. The monoisotopic (exact) mass is 261 g/mol. The van der Waals surface area contributed by atoms with Crippen LogP contribution < -0.4 is 5.32 Å². The standard InChI is InChI=1S/C14H15NO2S/c16-9-13(12-4-2-1-3-5-12)15-14(17)8-11-6-7-18-10-11/h1-7,10,13,16H,8-9H2,(H,15,17)/t13-/m0/s1. The molecular formula is C14H15NO2S. The summed E-state index contributed by atoms with van der Waals surface area (Å²) in [7, 11) is 0. The number of nitrogens with one attached hydrogen (secondary N) is 1. The molecule has 0 aliphatic heterocycles. The molecule has 2 N–H and O–H groups in total. The Balaban J connectivity index is 1.96. The Morgan fingerprint density at radius 2 is 2.06 bits per heavy atom. The molecule has 1 aromatic carbocycles. The number of aliphatic hydroxyl groups is 1. The van der Waals surface area contributed by atoms with Crippen LogP contribution in [0.2, 0.25) is 0 Å². The number of hydrogen-bond acceptors (Lipinski definition) is 3. The molecule has 3 nitrogen and oxygen atoms in total. The van der Waals surface area contributed by atoms with E-state index in [-0.39, 0.29) is 18.6 Å². The minimum absolute atomic E-state index is 0.0729. The highest BCUT2D eigenvalue weighted by Gasteiger charge is 2.13. The molecule has 2 rings (SSSR count). The van der Waals surface area contributed by atoms with Crippen molar-refractivity contribution in [1.82, 2.24) is 5.32 Å². The molecular weight excluding hydrogens is 246 g/mol. The summed E-state index contributed by atoms with van der Waals surface area (Å²) >= 11 is 1.57. The van der Waals surface area contributed by atoms with E-state index < -0.39 is 0 Å². The van der Waals surface area contributed by atoms with Gasteiger partial charge in [-0.2, -0.15) is 11.3 Å².